The number of hydrogen-bond acceptors (Lipinski definition) is 4. The Kier molecular flexibility index (Phi) is 7.73. The van der Waals surface area contributed by atoms with Crippen molar-refractivity contribution in [2.75, 3.05) is 17.6 Å². The molecular formula is C21H26N2O3S. The summed E-state index contributed by atoms with van der Waals surface area (Å²) in [5.74, 6) is 1.65. The Morgan fingerprint density at radius 2 is 1.67 bits per heavy atom. The maximum absolute atomic E-state index is 12.2. The van der Waals surface area contributed by atoms with Gasteiger partial charge < -0.3 is 10.1 Å². The van der Waals surface area contributed by atoms with Gasteiger partial charge in [-0.15, -0.1) is 0 Å². The molecule has 0 saturated carbocycles. The summed E-state index contributed by atoms with van der Waals surface area (Å²) in [6, 6.07) is 17.0. The third-order valence-corrected chi connectivity index (χ3v) is 4.47. The molecule has 2 aromatic carbocycles. The van der Waals surface area contributed by atoms with Crippen LogP contribution in [0.1, 0.15) is 36.7 Å². The molecule has 2 aromatic rings. The lowest BCUT2D eigenvalue weighted by Crippen LogP contribution is -2.27. The molecule has 6 heteroatoms. The standard InChI is InChI=1S/C21H26N2O3S/c1-21(2,3)26-20(25)23-18-11-9-17(10-12-18)19(24)22-13-14-27-15-16-7-5-4-6-8-16/h4-12H,13-15H2,1-3H3,(H,22,24)(H,23,25). The summed E-state index contributed by atoms with van der Waals surface area (Å²) in [6.45, 7) is 6.02. The Bertz CT molecular complexity index is 740. The van der Waals surface area contributed by atoms with Gasteiger partial charge >= 0.3 is 6.09 Å². The van der Waals surface area contributed by atoms with Crippen molar-refractivity contribution in [3.05, 3.63) is 65.7 Å². The smallest absolute Gasteiger partial charge is 0.412 e. The first-order valence-electron chi connectivity index (χ1n) is 8.83. The molecule has 0 spiro atoms. The summed E-state index contributed by atoms with van der Waals surface area (Å²) < 4.78 is 5.20. The van der Waals surface area contributed by atoms with Gasteiger partial charge in [0.05, 0.1) is 0 Å². The van der Waals surface area contributed by atoms with E-state index < -0.39 is 11.7 Å². The molecule has 0 radical (unpaired) electrons. The number of nitrogens with one attached hydrogen (secondary N) is 2. The van der Waals surface area contributed by atoms with E-state index in [1.807, 2.05) is 18.2 Å². The van der Waals surface area contributed by atoms with Crippen molar-refractivity contribution in [2.45, 2.75) is 32.1 Å². The summed E-state index contributed by atoms with van der Waals surface area (Å²) >= 11 is 1.78. The molecule has 2 rings (SSSR count). The lowest BCUT2D eigenvalue weighted by molar-refractivity contribution is 0.0635. The number of thioether (sulfide) groups is 1. The first-order valence-corrected chi connectivity index (χ1v) is 9.99. The third-order valence-electron chi connectivity index (χ3n) is 3.44. The van der Waals surface area contributed by atoms with Crippen molar-refractivity contribution in [1.82, 2.24) is 5.32 Å². The number of carbonyl (C=O) groups excluding carboxylic acids is 2. The highest BCUT2D eigenvalue weighted by Gasteiger charge is 2.16. The second-order valence-corrected chi connectivity index (χ2v) is 8.10. The topological polar surface area (TPSA) is 67.4 Å². The third kappa shape index (κ3) is 8.17. The van der Waals surface area contributed by atoms with Crippen LogP contribution in [0.4, 0.5) is 10.5 Å². The fraction of sp³-hybridized carbons (Fsp3) is 0.333. The molecule has 144 valence electrons. The minimum atomic E-state index is -0.553. The predicted molar refractivity (Wildman–Crippen MR) is 111 cm³/mol. The Hall–Kier alpha value is -2.47. The summed E-state index contributed by atoms with van der Waals surface area (Å²) in [7, 11) is 0. The highest BCUT2D eigenvalue weighted by Crippen LogP contribution is 2.13. The molecule has 0 fully saturated rings. The Balaban J connectivity index is 1.71. The summed E-state index contributed by atoms with van der Waals surface area (Å²) in [5, 5.41) is 5.55. The van der Waals surface area contributed by atoms with E-state index in [9.17, 15) is 9.59 Å². The molecule has 0 aliphatic heterocycles. The molecule has 0 atom stereocenters. The molecule has 0 aliphatic carbocycles. The quantitative estimate of drug-likeness (QED) is 0.677. The second kappa shape index (κ2) is 10.0. The largest absolute Gasteiger partial charge is 0.444 e. The van der Waals surface area contributed by atoms with Crippen molar-refractivity contribution in [2.24, 2.45) is 0 Å². The molecule has 0 saturated heterocycles. The van der Waals surface area contributed by atoms with Crippen molar-refractivity contribution in [3.63, 3.8) is 0 Å². The van der Waals surface area contributed by atoms with Crippen molar-refractivity contribution in [1.29, 1.82) is 0 Å². The van der Waals surface area contributed by atoms with Crippen LogP contribution >= 0.6 is 11.8 Å². The van der Waals surface area contributed by atoms with Gasteiger partial charge in [-0.25, -0.2) is 4.79 Å². The molecule has 2 N–H and O–H groups in total. The van der Waals surface area contributed by atoms with Crippen molar-refractivity contribution < 1.29 is 14.3 Å². The minimum Gasteiger partial charge on any atom is -0.444 e. The number of benzene rings is 2. The van der Waals surface area contributed by atoms with Crippen LogP contribution in [0.15, 0.2) is 54.6 Å². The number of amides is 2. The highest BCUT2D eigenvalue weighted by molar-refractivity contribution is 7.98. The highest BCUT2D eigenvalue weighted by atomic mass is 32.2. The van der Waals surface area contributed by atoms with Crippen LogP contribution in [0.25, 0.3) is 0 Å². The van der Waals surface area contributed by atoms with Gasteiger partial charge in [-0.1, -0.05) is 30.3 Å². The van der Waals surface area contributed by atoms with Gasteiger partial charge in [0, 0.05) is 29.3 Å². The zero-order valence-corrected chi connectivity index (χ0v) is 16.8. The van der Waals surface area contributed by atoms with E-state index in [1.54, 1.807) is 56.8 Å². The molecule has 5 nitrogen and oxygen atoms in total. The van der Waals surface area contributed by atoms with E-state index in [0.29, 0.717) is 17.8 Å². The van der Waals surface area contributed by atoms with Crippen LogP contribution in [0.2, 0.25) is 0 Å². The van der Waals surface area contributed by atoms with Crippen LogP contribution < -0.4 is 10.6 Å². The maximum atomic E-state index is 12.2. The minimum absolute atomic E-state index is 0.126. The Labute approximate surface area is 164 Å². The molecule has 27 heavy (non-hydrogen) atoms. The summed E-state index contributed by atoms with van der Waals surface area (Å²) in [6.07, 6.45) is -0.518. The van der Waals surface area contributed by atoms with Gasteiger partial charge in [0.15, 0.2) is 0 Å². The van der Waals surface area contributed by atoms with Crippen LogP contribution in [0, 0.1) is 0 Å². The fourth-order valence-corrected chi connectivity index (χ4v) is 3.05. The average Bonchev–Trinajstić information content (AvgIpc) is 2.61. The number of hydrogen-bond donors (Lipinski definition) is 2. The lowest BCUT2D eigenvalue weighted by atomic mass is 10.2. The number of anilines is 1. The molecular weight excluding hydrogens is 360 g/mol. The van der Waals surface area contributed by atoms with Crippen molar-refractivity contribution >= 4 is 29.4 Å². The van der Waals surface area contributed by atoms with Crippen LogP contribution in [0.3, 0.4) is 0 Å². The fourth-order valence-electron chi connectivity index (χ4n) is 2.23. The van der Waals surface area contributed by atoms with Crippen LogP contribution in [-0.2, 0) is 10.5 Å². The first-order chi connectivity index (χ1) is 12.8. The molecule has 0 heterocycles. The number of carbonyl (C=O) groups is 2. The summed E-state index contributed by atoms with van der Waals surface area (Å²) in [5.41, 5.74) is 1.86. The van der Waals surface area contributed by atoms with Gasteiger partial charge in [-0.3, -0.25) is 10.1 Å². The first kappa shape index (κ1) is 20.8. The normalized spacial score (nSPS) is 10.9. The average molecular weight is 387 g/mol. The molecule has 0 bridgehead atoms. The maximum Gasteiger partial charge on any atom is 0.412 e. The SMILES string of the molecule is CC(C)(C)OC(=O)Nc1ccc(C(=O)NCCSCc2ccccc2)cc1. The Morgan fingerprint density at radius 3 is 2.30 bits per heavy atom. The van der Waals surface area contributed by atoms with Gasteiger partial charge in [-0.2, -0.15) is 11.8 Å². The van der Waals surface area contributed by atoms with Crippen LogP contribution in [-0.4, -0.2) is 29.9 Å². The lowest BCUT2D eigenvalue weighted by Gasteiger charge is -2.19. The molecule has 2 amide bonds. The summed E-state index contributed by atoms with van der Waals surface area (Å²) in [4.78, 5) is 23.9. The van der Waals surface area contributed by atoms with E-state index in [4.69, 9.17) is 4.74 Å². The molecule has 0 aliphatic rings. The molecule has 0 aromatic heterocycles. The van der Waals surface area contributed by atoms with Gasteiger partial charge in [0.1, 0.15) is 5.60 Å². The Morgan fingerprint density at radius 1 is 1.00 bits per heavy atom. The zero-order valence-electron chi connectivity index (χ0n) is 16.0. The van der Waals surface area contributed by atoms with E-state index in [-0.39, 0.29) is 5.91 Å². The van der Waals surface area contributed by atoms with E-state index >= 15 is 0 Å². The van der Waals surface area contributed by atoms with E-state index in [2.05, 4.69) is 22.8 Å². The number of ether oxygens (including phenoxy) is 1. The zero-order chi connectivity index (χ0) is 19.7. The monoisotopic (exact) mass is 386 g/mol. The van der Waals surface area contributed by atoms with Gasteiger partial charge in [0.2, 0.25) is 0 Å². The van der Waals surface area contributed by atoms with Crippen LogP contribution in [0.5, 0.6) is 0 Å². The van der Waals surface area contributed by atoms with Crippen molar-refractivity contribution in [3.8, 4) is 0 Å². The number of rotatable bonds is 7. The van der Waals surface area contributed by atoms with E-state index in [0.717, 1.165) is 11.5 Å². The van der Waals surface area contributed by atoms with Gasteiger partial charge in [0.25, 0.3) is 5.91 Å². The predicted octanol–water partition coefficient (Wildman–Crippen LogP) is 4.70. The van der Waals surface area contributed by atoms with Gasteiger partial charge in [-0.05, 0) is 50.6 Å². The second-order valence-electron chi connectivity index (χ2n) is 7.00. The molecule has 0 unspecified atom stereocenters. The van der Waals surface area contributed by atoms with E-state index in [1.165, 1.54) is 5.56 Å².